The van der Waals surface area contributed by atoms with Crippen molar-refractivity contribution in [3.05, 3.63) is 60.2 Å². The predicted octanol–water partition coefficient (Wildman–Crippen LogP) is 3.66. The molecule has 0 radical (unpaired) electrons. The molecule has 4 heteroatoms. The molecule has 0 bridgehead atoms. The van der Waals surface area contributed by atoms with Gasteiger partial charge in [0.2, 0.25) is 5.91 Å². The molecule has 1 N–H and O–H groups in total. The number of nitrogens with one attached hydrogen (secondary N) is 1. The number of hydrogen-bond acceptors (Lipinski definition) is 3. The van der Waals surface area contributed by atoms with Gasteiger partial charge in [0.1, 0.15) is 11.5 Å². The lowest BCUT2D eigenvalue weighted by atomic mass is 10.1. The number of hydrogen-bond donors (Lipinski definition) is 1. The monoisotopic (exact) mass is 311 g/mol. The summed E-state index contributed by atoms with van der Waals surface area (Å²) in [5.41, 5.74) is 1.01. The van der Waals surface area contributed by atoms with Gasteiger partial charge in [-0.25, -0.2) is 0 Å². The van der Waals surface area contributed by atoms with E-state index in [1.807, 2.05) is 54.6 Å². The first kappa shape index (κ1) is 15.6. The summed E-state index contributed by atoms with van der Waals surface area (Å²) in [6.45, 7) is 1.27. The highest BCUT2D eigenvalue weighted by atomic mass is 16.5. The highest BCUT2D eigenvalue weighted by molar-refractivity contribution is 5.76. The Labute approximate surface area is 136 Å². The zero-order valence-electron chi connectivity index (χ0n) is 13.0. The van der Waals surface area contributed by atoms with Crippen LogP contribution in [0.3, 0.4) is 0 Å². The van der Waals surface area contributed by atoms with Crippen molar-refractivity contribution in [2.45, 2.75) is 31.9 Å². The van der Waals surface area contributed by atoms with Crippen molar-refractivity contribution in [1.29, 1.82) is 0 Å². The molecule has 1 atom stereocenters. The Kier molecular flexibility index (Phi) is 5.27. The van der Waals surface area contributed by atoms with E-state index in [1.54, 1.807) is 0 Å². The van der Waals surface area contributed by atoms with Crippen LogP contribution in [0.2, 0.25) is 0 Å². The topological polar surface area (TPSA) is 47.6 Å². The fourth-order valence-electron chi connectivity index (χ4n) is 2.63. The van der Waals surface area contributed by atoms with Crippen LogP contribution in [0.4, 0.5) is 0 Å². The van der Waals surface area contributed by atoms with Crippen LogP contribution in [0.5, 0.6) is 11.5 Å². The Morgan fingerprint density at radius 3 is 2.74 bits per heavy atom. The Hall–Kier alpha value is -2.33. The first-order chi connectivity index (χ1) is 11.3. The third-order valence-corrected chi connectivity index (χ3v) is 3.80. The summed E-state index contributed by atoms with van der Waals surface area (Å²) in [6.07, 6.45) is 2.56. The van der Waals surface area contributed by atoms with Gasteiger partial charge in [-0.2, -0.15) is 0 Å². The summed E-state index contributed by atoms with van der Waals surface area (Å²) in [5, 5.41) is 2.94. The molecule has 120 valence electrons. The molecule has 3 rings (SSSR count). The average Bonchev–Trinajstić information content (AvgIpc) is 3.07. The minimum absolute atomic E-state index is 0.0336. The van der Waals surface area contributed by atoms with Crippen molar-refractivity contribution >= 4 is 5.91 Å². The lowest BCUT2D eigenvalue weighted by molar-refractivity contribution is -0.123. The third-order valence-electron chi connectivity index (χ3n) is 3.80. The standard InChI is InChI=1S/C19H21NO3/c21-19(13-17-10-5-11-22-17)20-14-15-6-4-9-18(12-15)23-16-7-2-1-3-8-16/h1-4,6-9,12,17H,5,10-11,13-14H2,(H,20,21)/t17-/m1/s1. The van der Waals surface area contributed by atoms with Gasteiger partial charge >= 0.3 is 0 Å². The molecule has 0 saturated carbocycles. The van der Waals surface area contributed by atoms with Gasteiger partial charge in [0.15, 0.2) is 0 Å². The number of para-hydroxylation sites is 1. The number of ether oxygens (including phenoxy) is 2. The molecule has 1 amide bonds. The van der Waals surface area contributed by atoms with Crippen LogP contribution in [-0.4, -0.2) is 18.6 Å². The van der Waals surface area contributed by atoms with Crippen LogP contribution in [0.15, 0.2) is 54.6 Å². The van der Waals surface area contributed by atoms with Gasteiger partial charge < -0.3 is 14.8 Å². The number of carbonyl (C=O) groups is 1. The van der Waals surface area contributed by atoms with Crippen LogP contribution >= 0.6 is 0 Å². The van der Waals surface area contributed by atoms with E-state index in [0.717, 1.165) is 36.5 Å². The van der Waals surface area contributed by atoms with Crippen LogP contribution in [0, 0.1) is 0 Å². The zero-order chi connectivity index (χ0) is 15.9. The molecule has 23 heavy (non-hydrogen) atoms. The van der Waals surface area contributed by atoms with Crippen LogP contribution in [-0.2, 0) is 16.1 Å². The van der Waals surface area contributed by atoms with E-state index >= 15 is 0 Å². The lowest BCUT2D eigenvalue weighted by Crippen LogP contribution is -2.26. The lowest BCUT2D eigenvalue weighted by Gasteiger charge is -2.11. The van der Waals surface area contributed by atoms with Gasteiger partial charge in [-0.3, -0.25) is 4.79 Å². The Morgan fingerprint density at radius 2 is 1.96 bits per heavy atom. The molecule has 0 unspecified atom stereocenters. The van der Waals surface area contributed by atoms with Crippen LogP contribution < -0.4 is 10.1 Å². The summed E-state index contributed by atoms with van der Waals surface area (Å²) in [4.78, 5) is 11.9. The summed E-state index contributed by atoms with van der Waals surface area (Å²) >= 11 is 0. The van der Waals surface area contributed by atoms with Gasteiger partial charge in [0.05, 0.1) is 12.5 Å². The fraction of sp³-hybridized carbons (Fsp3) is 0.316. The second kappa shape index (κ2) is 7.79. The molecule has 1 fully saturated rings. The van der Waals surface area contributed by atoms with E-state index in [2.05, 4.69) is 5.32 Å². The molecule has 1 saturated heterocycles. The first-order valence-electron chi connectivity index (χ1n) is 8.00. The van der Waals surface area contributed by atoms with Gasteiger partial charge in [0, 0.05) is 13.2 Å². The first-order valence-corrected chi connectivity index (χ1v) is 8.00. The highest BCUT2D eigenvalue weighted by Crippen LogP contribution is 2.22. The highest BCUT2D eigenvalue weighted by Gasteiger charge is 2.18. The van der Waals surface area contributed by atoms with E-state index in [0.29, 0.717) is 13.0 Å². The smallest absolute Gasteiger partial charge is 0.222 e. The molecule has 1 aliphatic heterocycles. The summed E-state index contributed by atoms with van der Waals surface area (Å²) in [5.74, 6) is 1.60. The summed E-state index contributed by atoms with van der Waals surface area (Å²) in [7, 11) is 0. The van der Waals surface area contributed by atoms with Crippen LogP contribution in [0.1, 0.15) is 24.8 Å². The number of carbonyl (C=O) groups excluding carboxylic acids is 1. The SMILES string of the molecule is O=C(C[C@H]1CCCO1)NCc1cccc(Oc2ccccc2)c1. The van der Waals surface area contributed by atoms with E-state index in [9.17, 15) is 4.79 Å². The second-order valence-electron chi connectivity index (χ2n) is 5.68. The van der Waals surface area contributed by atoms with Crippen molar-refractivity contribution in [3.63, 3.8) is 0 Å². The molecular formula is C19H21NO3. The number of amides is 1. The van der Waals surface area contributed by atoms with Crippen molar-refractivity contribution < 1.29 is 14.3 Å². The van der Waals surface area contributed by atoms with Gasteiger partial charge in [-0.05, 0) is 42.7 Å². The van der Waals surface area contributed by atoms with E-state index in [-0.39, 0.29) is 12.0 Å². The second-order valence-corrected chi connectivity index (χ2v) is 5.68. The zero-order valence-corrected chi connectivity index (χ0v) is 13.0. The van der Waals surface area contributed by atoms with Crippen molar-refractivity contribution in [1.82, 2.24) is 5.32 Å². The average molecular weight is 311 g/mol. The van der Waals surface area contributed by atoms with E-state index in [1.165, 1.54) is 0 Å². The van der Waals surface area contributed by atoms with E-state index < -0.39 is 0 Å². The number of benzene rings is 2. The minimum atomic E-state index is 0.0336. The normalized spacial score (nSPS) is 17.0. The quantitative estimate of drug-likeness (QED) is 0.885. The van der Waals surface area contributed by atoms with Crippen molar-refractivity contribution in [2.75, 3.05) is 6.61 Å². The molecule has 1 heterocycles. The molecule has 2 aromatic carbocycles. The van der Waals surface area contributed by atoms with Crippen LogP contribution in [0.25, 0.3) is 0 Å². The van der Waals surface area contributed by atoms with Crippen molar-refractivity contribution in [2.24, 2.45) is 0 Å². The maximum atomic E-state index is 11.9. The number of rotatable bonds is 6. The van der Waals surface area contributed by atoms with Crippen molar-refractivity contribution in [3.8, 4) is 11.5 Å². The Morgan fingerprint density at radius 1 is 1.13 bits per heavy atom. The Balaban J connectivity index is 1.52. The predicted molar refractivity (Wildman–Crippen MR) is 88.4 cm³/mol. The third kappa shape index (κ3) is 4.83. The van der Waals surface area contributed by atoms with Gasteiger partial charge in [-0.1, -0.05) is 30.3 Å². The van der Waals surface area contributed by atoms with E-state index in [4.69, 9.17) is 9.47 Å². The molecular weight excluding hydrogens is 290 g/mol. The molecule has 4 nitrogen and oxygen atoms in total. The molecule has 0 aromatic heterocycles. The van der Waals surface area contributed by atoms with Gasteiger partial charge in [-0.15, -0.1) is 0 Å². The summed E-state index contributed by atoms with van der Waals surface area (Å²) < 4.78 is 11.3. The maximum absolute atomic E-state index is 11.9. The Bertz CT molecular complexity index is 636. The largest absolute Gasteiger partial charge is 0.457 e. The maximum Gasteiger partial charge on any atom is 0.222 e. The molecule has 2 aromatic rings. The minimum Gasteiger partial charge on any atom is -0.457 e. The molecule has 1 aliphatic rings. The molecule has 0 aliphatic carbocycles. The van der Waals surface area contributed by atoms with Gasteiger partial charge in [0.25, 0.3) is 0 Å². The molecule has 0 spiro atoms. The summed E-state index contributed by atoms with van der Waals surface area (Å²) in [6, 6.07) is 17.4. The fourth-order valence-corrected chi connectivity index (χ4v) is 2.63.